The minimum absolute atomic E-state index is 0. The summed E-state index contributed by atoms with van der Waals surface area (Å²) in [7, 11) is 0. The van der Waals surface area contributed by atoms with Gasteiger partial charge in [-0.25, -0.2) is 4.79 Å². The SMILES string of the molecule is CC(O)C(=O)O.[Zn].[c-]1ccccc1. The molecule has 68 valence electrons. The van der Waals surface area contributed by atoms with Gasteiger partial charge in [0.05, 0.1) is 0 Å². The van der Waals surface area contributed by atoms with Gasteiger partial charge in [0, 0.05) is 19.5 Å². The Morgan fingerprint density at radius 2 is 1.69 bits per heavy atom. The van der Waals surface area contributed by atoms with Crippen molar-refractivity contribution < 1.29 is 34.5 Å². The topological polar surface area (TPSA) is 57.5 Å². The van der Waals surface area contributed by atoms with Gasteiger partial charge < -0.3 is 10.2 Å². The van der Waals surface area contributed by atoms with Crippen molar-refractivity contribution in [2.24, 2.45) is 0 Å². The third-order valence-corrected chi connectivity index (χ3v) is 0.965. The molecule has 0 heterocycles. The second kappa shape index (κ2) is 9.36. The molecule has 1 aromatic carbocycles. The summed E-state index contributed by atoms with van der Waals surface area (Å²) in [6.45, 7) is 1.20. The van der Waals surface area contributed by atoms with Crippen LogP contribution in [0.1, 0.15) is 6.92 Å². The molecule has 0 amide bonds. The predicted octanol–water partition coefficient (Wildman–Crippen LogP) is 0.936. The van der Waals surface area contributed by atoms with E-state index in [1.807, 2.05) is 30.3 Å². The second-order valence-corrected chi connectivity index (χ2v) is 2.09. The van der Waals surface area contributed by atoms with E-state index in [1.54, 1.807) is 0 Å². The Hall–Kier alpha value is -0.727. The van der Waals surface area contributed by atoms with Crippen LogP contribution in [0.3, 0.4) is 0 Å². The third kappa shape index (κ3) is 11.3. The first-order chi connectivity index (χ1) is 5.64. The first-order valence-corrected chi connectivity index (χ1v) is 3.46. The smallest absolute Gasteiger partial charge is 0.332 e. The Morgan fingerprint density at radius 1 is 1.31 bits per heavy atom. The number of aliphatic hydroxyl groups excluding tert-OH is 1. The van der Waals surface area contributed by atoms with E-state index in [4.69, 9.17) is 10.2 Å². The van der Waals surface area contributed by atoms with Crippen molar-refractivity contribution in [2.45, 2.75) is 13.0 Å². The molecule has 0 aliphatic rings. The van der Waals surface area contributed by atoms with E-state index >= 15 is 0 Å². The predicted molar refractivity (Wildman–Crippen MR) is 44.6 cm³/mol. The standard InChI is InChI=1S/C6H5.C3H6O3.Zn/c1-2-4-6-5-3-1;1-2(4)3(5)6;/h1-5H;2,4H,1H3,(H,5,6);/q-1;;. The fourth-order valence-electron chi connectivity index (χ4n) is 0.342. The molecular weight excluding hydrogens is 221 g/mol. The third-order valence-electron chi connectivity index (χ3n) is 0.965. The maximum Gasteiger partial charge on any atom is 0.332 e. The molecule has 0 saturated carbocycles. The van der Waals surface area contributed by atoms with Gasteiger partial charge in [0.2, 0.25) is 0 Å². The Bertz CT molecular complexity index is 185. The number of carbonyl (C=O) groups is 1. The summed E-state index contributed by atoms with van der Waals surface area (Å²) >= 11 is 0. The Morgan fingerprint density at radius 3 is 1.77 bits per heavy atom. The van der Waals surface area contributed by atoms with Crippen molar-refractivity contribution in [3.63, 3.8) is 0 Å². The molecule has 1 unspecified atom stereocenters. The number of rotatable bonds is 1. The van der Waals surface area contributed by atoms with Crippen LogP contribution in [0.2, 0.25) is 0 Å². The number of hydrogen-bond acceptors (Lipinski definition) is 2. The van der Waals surface area contributed by atoms with Crippen LogP contribution in [0.4, 0.5) is 0 Å². The summed E-state index contributed by atoms with van der Waals surface area (Å²) in [4.78, 5) is 9.45. The van der Waals surface area contributed by atoms with E-state index in [9.17, 15) is 4.79 Å². The fourth-order valence-corrected chi connectivity index (χ4v) is 0.342. The van der Waals surface area contributed by atoms with Gasteiger partial charge >= 0.3 is 5.97 Å². The first kappa shape index (κ1) is 14.8. The van der Waals surface area contributed by atoms with Crippen LogP contribution in [0.5, 0.6) is 0 Å². The van der Waals surface area contributed by atoms with Crippen molar-refractivity contribution in [1.29, 1.82) is 0 Å². The van der Waals surface area contributed by atoms with E-state index < -0.39 is 12.1 Å². The van der Waals surface area contributed by atoms with Crippen LogP contribution in [-0.4, -0.2) is 22.3 Å². The zero-order valence-electron chi connectivity index (χ0n) is 7.47. The number of hydrogen-bond donors (Lipinski definition) is 2. The largest absolute Gasteiger partial charge is 0.479 e. The van der Waals surface area contributed by atoms with Crippen molar-refractivity contribution in [2.75, 3.05) is 0 Å². The zero-order valence-corrected chi connectivity index (χ0v) is 10.4. The van der Waals surface area contributed by atoms with Crippen molar-refractivity contribution in [3.8, 4) is 0 Å². The van der Waals surface area contributed by atoms with Crippen LogP contribution in [0.15, 0.2) is 30.3 Å². The average molecular weight is 233 g/mol. The molecule has 0 radical (unpaired) electrons. The molecule has 0 aromatic heterocycles. The second-order valence-electron chi connectivity index (χ2n) is 2.09. The molecule has 1 atom stereocenters. The summed E-state index contributed by atoms with van der Waals surface area (Å²) in [6.07, 6.45) is -1.23. The molecule has 0 bridgehead atoms. The van der Waals surface area contributed by atoms with E-state index in [0.29, 0.717) is 0 Å². The van der Waals surface area contributed by atoms with Gasteiger partial charge in [0.1, 0.15) is 6.10 Å². The summed E-state index contributed by atoms with van der Waals surface area (Å²) in [6, 6.07) is 12.5. The molecular formula is C9H11O3Zn-. The van der Waals surface area contributed by atoms with Crippen LogP contribution >= 0.6 is 0 Å². The Kier molecular flexibility index (Phi) is 10.6. The first-order valence-electron chi connectivity index (χ1n) is 3.46. The van der Waals surface area contributed by atoms with Crippen molar-refractivity contribution in [1.82, 2.24) is 0 Å². The maximum absolute atomic E-state index is 9.45. The molecule has 0 aliphatic heterocycles. The van der Waals surface area contributed by atoms with Gasteiger partial charge in [-0.05, 0) is 6.92 Å². The zero-order chi connectivity index (χ0) is 9.40. The summed E-state index contributed by atoms with van der Waals surface area (Å²) in [5, 5.41) is 15.8. The molecule has 0 saturated heterocycles. The van der Waals surface area contributed by atoms with Gasteiger partial charge in [-0.15, -0.1) is 0 Å². The molecule has 0 spiro atoms. The maximum atomic E-state index is 9.45. The van der Waals surface area contributed by atoms with Gasteiger partial charge in [-0.1, -0.05) is 0 Å². The molecule has 1 rings (SSSR count). The van der Waals surface area contributed by atoms with Crippen LogP contribution < -0.4 is 0 Å². The fraction of sp³-hybridized carbons (Fsp3) is 0.222. The van der Waals surface area contributed by atoms with E-state index in [0.717, 1.165) is 0 Å². The van der Waals surface area contributed by atoms with Crippen LogP contribution in [0.25, 0.3) is 0 Å². The number of aliphatic carboxylic acids is 1. The summed E-state index contributed by atoms with van der Waals surface area (Å²) in [5.74, 6) is -1.19. The summed E-state index contributed by atoms with van der Waals surface area (Å²) in [5.41, 5.74) is 0. The molecule has 4 heteroatoms. The average Bonchev–Trinajstić information content (AvgIpc) is 2.08. The Labute approximate surface area is 90.2 Å². The van der Waals surface area contributed by atoms with Crippen LogP contribution in [0, 0.1) is 6.07 Å². The van der Waals surface area contributed by atoms with E-state index in [-0.39, 0.29) is 19.5 Å². The summed E-state index contributed by atoms with van der Waals surface area (Å²) < 4.78 is 0. The minimum Gasteiger partial charge on any atom is -0.479 e. The quantitative estimate of drug-likeness (QED) is 0.560. The number of aliphatic hydroxyl groups is 1. The van der Waals surface area contributed by atoms with E-state index in [2.05, 4.69) is 6.07 Å². The molecule has 0 fully saturated rings. The monoisotopic (exact) mass is 231 g/mol. The minimum atomic E-state index is -1.23. The van der Waals surface area contributed by atoms with Gasteiger partial charge in [0.25, 0.3) is 0 Å². The van der Waals surface area contributed by atoms with Crippen molar-refractivity contribution >= 4 is 5.97 Å². The molecule has 3 nitrogen and oxygen atoms in total. The number of carboxylic acids is 1. The normalized spacial score (nSPS) is 10.0. The van der Waals surface area contributed by atoms with Crippen LogP contribution in [-0.2, 0) is 24.3 Å². The van der Waals surface area contributed by atoms with Gasteiger partial charge in [-0.2, -0.15) is 36.4 Å². The molecule has 1 aromatic rings. The molecule has 13 heavy (non-hydrogen) atoms. The van der Waals surface area contributed by atoms with Crippen molar-refractivity contribution in [3.05, 3.63) is 36.4 Å². The molecule has 0 aliphatic carbocycles. The number of benzene rings is 1. The Balaban J connectivity index is 0. The van der Waals surface area contributed by atoms with Gasteiger partial charge in [0.15, 0.2) is 0 Å². The van der Waals surface area contributed by atoms with E-state index in [1.165, 1.54) is 6.92 Å². The molecule has 2 N–H and O–H groups in total. The van der Waals surface area contributed by atoms with Gasteiger partial charge in [-0.3, -0.25) is 0 Å². The number of carboxylic acid groups (broad SMARTS) is 1.